The molecule has 1 N–H and O–H groups in total. The fourth-order valence-electron chi connectivity index (χ4n) is 4.21. The SMILES string of the molecule is Cc1nc(COc2ccccc2/C=C/C(=O)N2CCCC(c3nc4ccccc4[nH]3)C2)cs1. The van der Waals surface area contributed by atoms with Gasteiger partial charge in [-0.15, -0.1) is 11.3 Å². The third-order valence-electron chi connectivity index (χ3n) is 5.89. The van der Waals surface area contributed by atoms with Gasteiger partial charge in [0.2, 0.25) is 5.91 Å². The first-order chi connectivity index (χ1) is 16.2. The Hall–Kier alpha value is -3.45. The van der Waals surface area contributed by atoms with E-state index in [0.29, 0.717) is 13.2 Å². The van der Waals surface area contributed by atoms with Gasteiger partial charge in [0.05, 0.1) is 21.7 Å². The highest BCUT2D eigenvalue weighted by molar-refractivity contribution is 7.09. The molecular weight excluding hydrogens is 432 g/mol. The Morgan fingerprint density at radius 1 is 1.21 bits per heavy atom. The molecule has 33 heavy (non-hydrogen) atoms. The summed E-state index contributed by atoms with van der Waals surface area (Å²) in [5, 5.41) is 3.03. The van der Waals surface area contributed by atoms with Crippen molar-refractivity contribution < 1.29 is 9.53 Å². The van der Waals surface area contributed by atoms with Gasteiger partial charge < -0.3 is 14.6 Å². The fraction of sp³-hybridized carbons (Fsp3) is 0.269. The Kier molecular flexibility index (Phi) is 6.21. The highest BCUT2D eigenvalue weighted by Gasteiger charge is 2.25. The van der Waals surface area contributed by atoms with E-state index in [-0.39, 0.29) is 11.8 Å². The molecule has 0 radical (unpaired) electrons. The number of rotatable bonds is 6. The average Bonchev–Trinajstić information content (AvgIpc) is 3.47. The van der Waals surface area contributed by atoms with Gasteiger partial charge in [0.25, 0.3) is 0 Å². The fourth-order valence-corrected chi connectivity index (χ4v) is 4.81. The number of aryl methyl sites for hydroxylation is 1. The highest BCUT2D eigenvalue weighted by Crippen LogP contribution is 2.27. The molecule has 4 aromatic rings. The van der Waals surface area contributed by atoms with E-state index in [1.165, 1.54) is 0 Å². The van der Waals surface area contributed by atoms with Crippen LogP contribution in [-0.4, -0.2) is 38.8 Å². The summed E-state index contributed by atoms with van der Waals surface area (Å²) in [5.74, 6) is 1.95. The van der Waals surface area contributed by atoms with Crippen LogP contribution in [0.1, 0.15) is 40.8 Å². The molecule has 2 aromatic heterocycles. The normalized spacial score (nSPS) is 16.5. The Bertz CT molecular complexity index is 1260. The largest absolute Gasteiger partial charge is 0.487 e. The molecule has 0 bridgehead atoms. The number of nitrogens with one attached hydrogen (secondary N) is 1. The van der Waals surface area contributed by atoms with Crippen molar-refractivity contribution >= 4 is 34.4 Å². The molecule has 0 spiro atoms. The summed E-state index contributed by atoms with van der Waals surface area (Å²) < 4.78 is 5.97. The number of ether oxygens (including phenoxy) is 1. The van der Waals surface area contributed by atoms with E-state index >= 15 is 0 Å². The molecule has 5 rings (SSSR count). The summed E-state index contributed by atoms with van der Waals surface area (Å²) in [7, 11) is 0. The summed E-state index contributed by atoms with van der Waals surface area (Å²) >= 11 is 1.61. The molecule has 1 atom stereocenters. The zero-order chi connectivity index (χ0) is 22.6. The zero-order valence-corrected chi connectivity index (χ0v) is 19.3. The van der Waals surface area contributed by atoms with Gasteiger partial charge in [-0.1, -0.05) is 30.3 Å². The predicted molar refractivity (Wildman–Crippen MR) is 131 cm³/mol. The smallest absolute Gasteiger partial charge is 0.246 e. The van der Waals surface area contributed by atoms with Crippen LogP contribution in [0.5, 0.6) is 5.75 Å². The molecule has 0 saturated carbocycles. The van der Waals surface area contributed by atoms with Crippen LogP contribution >= 0.6 is 11.3 Å². The number of nitrogens with zero attached hydrogens (tertiary/aromatic N) is 3. The van der Waals surface area contributed by atoms with Crippen LogP contribution in [0.4, 0.5) is 0 Å². The van der Waals surface area contributed by atoms with Gasteiger partial charge in [-0.25, -0.2) is 9.97 Å². The van der Waals surface area contributed by atoms with E-state index in [1.54, 1.807) is 17.4 Å². The summed E-state index contributed by atoms with van der Waals surface area (Å²) in [6.07, 6.45) is 5.49. The first kappa shape index (κ1) is 21.4. The Morgan fingerprint density at radius 2 is 2.06 bits per heavy atom. The molecule has 7 heteroatoms. The Balaban J connectivity index is 1.25. The lowest BCUT2D eigenvalue weighted by molar-refractivity contribution is -0.127. The van der Waals surface area contributed by atoms with E-state index in [1.807, 2.05) is 71.8 Å². The molecule has 1 saturated heterocycles. The molecule has 168 valence electrons. The van der Waals surface area contributed by atoms with Crippen LogP contribution < -0.4 is 4.74 Å². The minimum atomic E-state index is 0.0146. The summed E-state index contributed by atoms with van der Waals surface area (Å²) in [6, 6.07) is 15.8. The molecule has 1 unspecified atom stereocenters. The number of likely N-dealkylation sites (tertiary alicyclic amines) is 1. The molecule has 2 aromatic carbocycles. The number of amides is 1. The lowest BCUT2D eigenvalue weighted by Gasteiger charge is -2.31. The maximum absolute atomic E-state index is 13.0. The third kappa shape index (κ3) is 4.98. The third-order valence-corrected chi connectivity index (χ3v) is 6.72. The van der Waals surface area contributed by atoms with Gasteiger partial charge in [-0.3, -0.25) is 4.79 Å². The van der Waals surface area contributed by atoms with Crippen LogP contribution in [0, 0.1) is 6.92 Å². The van der Waals surface area contributed by atoms with Crippen LogP contribution in [0.25, 0.3) is 17.1 Å². The van der Waals surface area contributed by atoms with Gasteiger partial charge in [0.1, 0.15) is 18.2 Å². The van der Waals surface area contributed by atoms with Crippen molar-refractivity contribution in [1.29, 1.82) is 0 Å². The number of fused-ring (bicyclic) bond motifs is 1. The number of para-hydroxylation sites is 3. The quantitative estimate of drug-likeness (QED) is 0.397. The minimum absolute atomic E-state index is 0.0146. The van der Waals surface area contributed by atoms with Gasteiger partial charge >= 0.3 is 0 Å². The summed E-state index contributed by atoms with van der Waals surface area (Å²) in [6.45, 7) is 3.83. The van der Waals surface area contributed by atoms with Crippen LogP contribution in [-0.2, 0) is 11.4 Å². The van der Waals surface area contributed by atoms with Crippen molar-refractivity contribution in [3.63, 3.8) is 0 Å². The number of hydrogen-bond acceptors (Lipinski definition) is 5. The van der Waals surface area contributed by atoms with Crippen molar-refractivity contribution in [2.75, 3.05) is 13.1 Å². The highest BCUT2D eigenvalue weighted by atomic mass is 32.1. The van der Waals surface area contributed by atoms with Crippen LogP contribution in [0.3, 0.4) is 0 Å². The monoisotopic (exact) mass is 458 g/mol. The first-order valence-corrected chi connectivity index (χ1v) is 12.1. The van der Waals surface area contributed by atoms with Crippen molar-refractivity contribution in [3.05, 3.63) is 82.1 Å². The molecule has 1 amide bonds. The predicted octanol–water partition coefficient (Wildman–Crippen LogP) is 5.33. The van der Waals surface area contributed by atoms with E-state index in [9.17, 15) is 4.79 Å². The number of aromatic nitrogens is 3. The number of carbonyl (C=O) groups excluding carboxylic acids is 1. The number of benzene rings is 2. The maximum Gasteiger partial charge on any atom is 0.246 e. The number of hydrogen-bond donors (Lipinski definition) is 1. The second-order valence-corrected chi connectivity index (χ2v) is 9.34. The van der Waals surface area contributed by atoms with Crippen LogP contribution in [0.15, 0.2) is 60.0 Å². The topological polar surface area (TPSA) is 71.1 Å². The number of H-pyrrole nitrogens is 1. The second-order valence-electron chi connectivity index (χ2n) is 8.28. The summed E-state index contributed by atoms with van der Waals surface area (Å²) in [4.78, 5) is 27.5. The standard InChI is InChI=1S/C26H26N4O2S/c1-18-27-21(17-33-18)16-32-24-11-5-2-7-19(24)12-13-25(31)30-14-6-8-20(15-30)26-28-22-9-3-4-10-23(22)29-26/h2-5,7,9-13,17,20H,6,8,14-16H2,1H3,(H,28,29)/b13-12+. The second kappa shape index (κ2) is 9.58. The average molecular weight is 459 g/mol. The molecule has 1 aliphatic rings. The lowest BCUT2D eigenvalue weighted by atomic mass is 9.97. The number of thiazole rings is 1. The van der Waals surface area contributed by atoms with Gasteiger partial charge in [0.15, 0.2) is 0 Å². The molecule has 3 heterocycles. The van der Waals surface area contributed by atoms with Crippen molar-refractivity contribution in [1.82, 2.24) is 19.9 Å². The van der Waals surface area contributed by atoms with E-state index in [2.05, 4.69) is 9.97 Å². The number of piperidine rings is 1. The van der Waals surface area contributed by atoms with E-state index < -0.39 is 0 Å². The van der Waals surface area contributed by atoms with Gasteiger partial charge in [0, 0.05) is 36.0 Å². The zero-order valence-electron chi connectivity index (χ0n) is 18.5. The lowest BCUT2D eigenvalue weighted by Crippen LogP contribution is -2.38. The van der Waals surface area contributed by atoms with Gasteiger partial charge in [-0.05, 0) is 44.0 Å². The Labute approximate surface area is 197 Å². The molecule has 1 fully saturated rings. The van der Waals surface area contributed by atoms with Gasteiger partial charge in [-0.2, -0.15) is 0 Å². The number of aromatic amines is 1. The number of imidazole rings is 1. The number of carbonyl (C=O) groups is 1. The molecule has 0 aliphatic carbocycles. The maximum atomic E-state index is 13.0. The Morgan fingerprint density at radius 3 is 2.91 bits per heavy atom. The first-order valence-electron chi connectivity index (χ1n) is 11.2. The van der Waals surface area contributed by atoms with Crippen molar-refractivity contribution in [3.8, 4) is 5.75 Å². The minimum Gasteiger partial charge on any atom is -0.487 e. The van der Waals surface area contributed by atoms with Crippen molar-refractivity contribution in [2.24, 2.45) is 0 Å². The van der Waals surface area contributed by atoms with Crippen molar-refractivity contribution in [2.45, 2.75) is 32.3 Å². The molecule has 1 aliphatic heterocycles. The molecular formula is C26H26N4O2S. The van der Waals surface area contributed by atoms with E-state index in [0.717, 1.165) is 58.3 Å². The van der Waals surface area contributed by atoms with Crippen LogP contribution in [0.2, 0.25) is 0 Å². The van der Waals surface area contributed by atoms with E-state index in [4.69, 9.17) is 9.72 Å². The molecule has 6 nitrogen and oxygen atoms in total. The summed E-state index contributed by atoms with van der Waals surface area (Å²) in [5.41, 5.74) is 3.81.